The minimum Gasteiger partial charge on any atom is -0.481 e. The number of fused-ring (bicyclic) bond motifs is 1. The molecule has 1 N–H and O–H groups in total. The molecule has 0 saturated heterocycles. The highest BCUT2D eigenvalue weighted by atomic mass is 16.4. The molecule has 2 aromatic rings. The van der Waals surface area contributed by atoms with Crippen LogP contribution in [0.2, 0.25) is 0 Å². The molecule has 0 aliphatic heterocycles. The lowest BCUT2D eigenvalue weighted by atomic mass is 9.99. The lowest BCUT2D eigenvalue weighted by Gasteiger charge is -2.09. The quantitative estimate of drug-likeness (QED) is 0.851. The van der Waals surface area contributed by atoms with Gasteiger partial charge in [0.2, 0.25) is 0 Å². The first kappa shape index (κ1) is 10.6. The summed E-state index contributed by atoms with van der Waals surface area (Å²) >= 11 is 0. The Hall–Kier alpha value is -1.91. The van der Waals surface area contributed by atoms with E-state index in [2.05, 4.69) is 10.2 Å². The predicted molar refractivity (Wildman–Crippen MR) is 58.4 cm³/mol. The number of hydrogen-bond donors (Lipinski definition) is 1. The number of carboxylic acid groups (broad SMARTS) is 1. The van der Waals surface area contributed by atoms with Gasteiger partial charge in [0, 0.05) is 11.8 Å². The van der Waals surface area contributed by atoms with Crippen LogP contribution in [0.4, 0.5) is 0 Å². The first-order valence-electron chi connectivity index (χ1n) is 5.11. The van der Waals surface area contributed by atoms with E-state index in [0.29, 0.717) is 0 Å². The van der Waals surface area contributed by atoms with Crippen molar-refractivity contribution in [3.05, 3.63) is 29.7 Å². The number of aliphatic carboxylic acids is 1. The summed E-state index contributed by atoms with van der Waals surface area (Å²) in [4.78, 5) is 10.7. The average molecular weight is 219 g/mol. The molecular weight excluding hydrogens is 206 g/mol. The van der Waals surface area contributed by atoms with Crippen molar-refractivity contribution in [2.45, 2.75) is 26.2 Å². The van der Waals surface area contributed by atoms with E-state index in [-0.39, 0.29) is 12.3 Å². The van der Waals surface area contributed by atoms with E-state index in [1.165, 1.54) is 0 Å². The van der Waals surface area contributed by atoms with Gasteiger partial charge in [0.05, 0.1) is 6.42 Å². The Morgan fingerprint density at radius 1 is 1.56 bits per heavy atom. The van der Waals surface area contributed by atoms with E-state index < -0.39 is 5.97 Å². The first-order valence-corrected chi connectivity index (χ1v) is 5.11. The fourth-order valence-electron chi connectivity index (χ4n) is 1.81. The standard InChI is InChI=1S/C11H13N3O2/c1-7(6-10(15)16)9-4-3-5-14-8(2)12-13-11(9)14/h3-5,7H,6H2,1-2H3,(H,15,16). The summed E-state index contributed by atoms with van der Waals surface area (Å²) < 4.78 is 1.87. The number of aromatic nitrogens is 3. The minimum atomic E-state index is -0.800. The third-order valence-electron chi connectivity index (χ3n) is 2.65. The molecule has 0 fully saturated rings. The molecule has 2 rings (SSSR count). The molecule has 2 heterocycles. The SMILES string of the molecule is Cc1nnc2c(C(C)CC(=O)O)cccn12. The molecule has 5 nitrogen and oxygen atoms in total. The molecule has 0 spiro atoms. The third kappa shape index (κ3) is 1.76. The van der Waals surface area contributed by atoms with E-state index in [0.717, 1.165) is 17.0 Å². The molecule has 0 aliphatic rings. The normalized spacial score (nSPS) is 12.9. The summed E-state index contributed by atoms with van der Waals surface area (Å²) in [7, 11) is 0. The van der Waals surface area contributed by atoms with Crippen LogP contribution in [-0.4, -0.2) is 25.7 Å². The van der Waals surface area contributed by atoms with Crippen LogP contribution in [0.15, 0.2) is 18.3 Å². The zero-order valence-electron chi connectivity index (χ0n) is 9.21. The molecule has 2 aromatic heterocycles. The number of hydrogen-bond acceptors (Lipinski definition) is 3. The summed E-state index contributed by atoms with van der Waals surface area (Å²) in [5.74, 6) is -0.0603. The first-order chi connectivity index (χ1) is 7.59. The van der Waals surface area contributed by atoms with Gasteiger partial charge in [-0.1, -0.05) is 13.0 Å². The maximum atomic E-state index is 10.7. The van der Waals surface area contributed by atoms with Crippen molar-refractivity contribution < 1.29 is 9.90 Å². The Kier molecular flexibility index (Phi) is 2.60. The van der Waals surface area contributed by atoms with Crippen LogP contribution in [0.3, 0.4) is 0 Å². The molecule has 0 bridgehead atoms. The smallest absolute Gasteiger partial charge is 0.303 e. The number of pyridine rings is 1. The molecule has 0 amide bonds. The number of carboxylic acids is 1. The van der Waals surface area contributed by atoms with Gasteiger partial charge in [-0.15, -0.1) is 10.2 Å². The van der Waals surface area contributed by atoms with Gasteiger partial charge in [-0.2, -0.15) is 0 Å². The molecule has 0 radical (unpaired) electrons. The Bertz CT molecular complexity index is 533. The van der Waals surface area contributed by atoms with Gasteiger partial charge < -0.3 is 5.11 Å². The van der Waals surface area contributed by atoms with Crippen LogP contribution >= 0.6 is 0 Å². The van der Waals surface area contributed by atoms with Gasteiger partial charge in [0.15, 0.2) is 5.65 Å². The van der Waals surface area contributed by atoms with Crippen molar-refractivity contribution in [1.29, 1.82) is 0 Å². The summed E-state index contributed by atoms with van der Waals surface area (Å²) in [6.07, 6.45) is 1.98. The number of carbonyl (C=O) groups is 1. The Morgan fingerprint density at radius 3 is 3.00 bits per heavy atom. The summed E-state index contributed by atoms with van der Waals surface area (Å²) in [5, 5.41) is 16.8. The molecule has 1 atom stereocenters. The second-order valence-corrected chi connectivity index (χ2v) is 3.90. The van der Waals surface area contributed by atoms with Crippen molar-refractivity contribution in [2.75, 3.05) is 0 Å². The van der Waals surface area contributed by atoms with Gasteiger partial charge in [0.25, 0.3) is 0 Å². The van der Waals surface area contributed by atoms with Gasteiger partial charge in [-0.3, -0.25) is 9.20 Å². The highest BCUT2D eigenvalue weighted by Gasteiger charge is 2.15. The highest BCUT2D eigenvalue weighted by molar-refractivity contribution is 5.68. The lowest BCUT2D eigenvalue weighted by Crippen LogP contribution is -2.04. The van der Waals surface area contributed by atoms with E-state index >= 15 is 0 Å². The molecule has 0 aliphatic carbocycles. The Labute approximate surface area is 92.7 Å². The fourth-order valence-corrected chi connectivity index (χ4v) is 1.81. The maximum Gasteiger partial charge on any atom is 0.303 e. The summed E-state index contributed by atoms with van der Waals surface area (Å²) in [6.45, 7) is 3.75. The highest BCUT2D eigenvalue weighted by Crippen LogP contribution is 2.22. The number of aryl methyl sites for hydroxylation is 1. The van der Waals surface area contributed by atoms with Crippen molar-refractivity contribution in [3.8, 4) is 0 Å². The summed E-state index contributed by atoms with van der Waals surface area (Å²) in [5.41, 5.74) is 1.67. The predicted octanol–water partition coefficient (Wildman–Crippen LogP) is 1.62. The summed E-state index contributed by atoms with van der Waals surface area (Å²) in [6, 6.07) is 3.79. The monoisotopic (exact) mass is 219 g/mol. The zero-order chi connectivity index (χ0) is 11.7. The van der Waals surface area contributed by atoms with E-state index in [1.807, 2.05) is 36.6 Å². The molecular formula is C11H13N3O2. The van der Waals surface area contributed by atoms with E-state index in [1.54, 1.807) is 0 Å². The molecule has 5 heteroatoms. The molecule has 84 valence electrons. The van der Waals surface area contributed by atoms with Crippen LogP contribution in [0.5, 0.6) is 0 Å². The van der Waals surface area contributed by atoms with Crippen LogP contribution < -0.4 is 0 Å². The average Bonchev–Trinajstić information content (AvgIpc) is 2.59. The van der Waals surface area contributed by atoms with Gasteiger partial charge in [-0.05, 0) is 18.9 Å². The Balaban J connectivity index is 2.48. The van der Waals surface area contributed by atoms with Crippen molar-refractivity contribution >= 4 is 11.6 Å². The van der Waals surface area contributed by atoms with Gasteiger partial charge in [-0.25, -0.2) is 0 Å². The van der Waals surface area contributed by atoms with Gasteiger partial charge in [0.1, 0.15) is 5.82 Å². The second kappa shape index (κ2) is 3.92. The number of nitrogens with zero attached hydrogens (tertiary/aromatic N) is 3. The largest absolute Gasteiger partial charge is 0.481 e. The molecule has 1 unspecified atom stereocenters. The molecule has 16 heavy (non-hydrogen) atoms. The lowest BCUT2D eigenvalue weighted by molar-refractivity contribution is -0.137. The number of rotatable bonds is 3. The van der Waals surface area contributed by atoms with E-state index in [9.17, 15) is 4.79 Å². The van der Waals surface area contributed by atoms with Crippen LogP contribution in [0.1, 0.15) is 30.7 Å². The minimum absolute atomic E-state index is 0.0650. The zero-order valence-corrected chi connectivity index (χ0v) is 9.21. The molecule has 0 aromatic carbocycles. The fraction of sp³-hybridized carbons (Fsp3) is 0.364. The van der Waals surface area contributed by atoms with E-state index in [4.69, 9.17) is 5.11 Å². The van der Waals surface area contributed by atoms with Crippen molar-refractivity contribution in [2.24, 2.45) is 0 Å². The van der Waals surface area contributed by atoms with Crippen LogP contribution in [-0.2, 0) is 4.79 Å². The van der Waals surface area contributed by atoms with Crippen molar-refractivity contribution in [1.82, 2.24) is 14.6 Å². The third-order valence-corrected chi connectivity index (χ3v) is 2.65. The van der Waals surface area contributed by atoms with Crippen LogP contribution in [0.25, 0.3) is 5.65 Å². The molecule has 0 saturated carbocycles. The van der Waals surface area contributed by atoms with Crippen LogP contribution in [0, 0.1) is 6.92 Å². The second-order valence-electron chi connectivity index (χ2n) is 3.90. The Morgan fingerprint density at radius 2 is 2.31 bits per heavy atom. The van der Waals surface area contributed by atoms with Gasteiger partial charge >= 0.3 is 5.97 Å². The van der Waals surface area contributed by atoms with Crippen molar-refractivity contribution in [3.63, 3.8) is 0 Å². The topological polar surface area (TPSA) is 67.5 Å². The maximum absolute atomic E-state index is 10.7.